The summed E-state index contributed by atoms with van der Waals surface area (Å²) >= 11 is 1.54. The quantitative estimate of drug-likeness (QED) is 0.218. The Bertz CT molecular complexity index is 1200. The van der Waals surface area contributed by atoms with Crippen LogP contribution in [0, 0.1) is 11.6 Å². The first-order chi connectivity index (χ1) is 13.0. The molecule has 9 heteroatoms. The lowest BCUT2D eigenvalue weighted by Gasteiger charge is -2.10. The number of fused-ring (bicyclic) bond motifs is 3. The van der Waals surface area contributed by atoms with E-state index in [1.165, 1.54) is 12.1 Å². The first-order valence-corrected chi connectivity index (χ1v) is 8.71. The molecule has 2 aromatic heterocycles. The van der Waals surface area contributed by atoms with E-state index in [4.69, 9.17) is 11.3 Å². The lowest BCUT2D eigenvalue weighted by Crippen LogP contribution is -2.23. The average molecular weight is 383 g/mol. The largest absolute Gasteiger partial charge is 0.360 e. The van der Waals surface area contributed by atoms with Gasteiger partial charge in [0.15, 0.2) is 0 Å². The van der Waals surface area contributed by atoms with Gasteiger partial charge in [0.05, 0.1) is 10.6 Å². The molecule has 0 spiro atoms. The van der Waals surface area contributed by atoms with Gasteiger partial charge in [-0.15, -0.1) is 11.3 Å². The molecule has 0 amide bonds. The zero-order valence-corrected chi connectivity index (χ0v) is 14.6. The number of amidine groups is 1. The number of halogens is 2. The van der Waals surface area contributed by atoms with E-state index in [0.717, 1.165) is 21.5 Å². The fourth-order valence-electron chi connectivity index (χ4n) is 2.84. The maximum atomic E-state index is 13.5. The summed E-state index contributed by atoms with van der Waals surface area (Å²) in [5.41, 5.74) is 12.4. The Balaban J connectivity index is 1.89. The number of thiophene rings is 1. The second-order valence-corrected chi connectivity index (χ2v) is 6.66. The highest BCUT2D eigenvalue weighted by Crippen LogP contribution is 2.35. The molecule has 0 fully saturated rings. The van der Waals surface area contributed by atoms with E-state index in [2.05, 4.69) is 20.6 Å². The molecule has 5 N–H and O–H groups in total. The Hall–Kier alpha value is -3.46. The molecule has 0 aliphatic heterocycles. The molecule has 0 saturated heterocycles. The maximum absolute atomic E-state index is 13.5. The number of aromatic nitrogens is 1. The number of nitrogens with one attached hydrogen (secondary N) is 1. The SMILES string of the molecule is NC(=NN=[NH2+])c1ccc2c(c1)nc(Nc1cc(F)cc(F)c1)c1ccsc12. The summed E-state index contributed by atoms with van der Waals surface area (Å²) in [5, 5.41) is 13.5. The van der Waals surface area contributed by atoms with Gasteiger partial charge in [-0.05, 0) is 35.7 Å². The fraction of sp³-hybridized carbons (Fsp3) is 0. The Morgan fingerprint density at radius 2 is 1.85 bits per heavy atom. The number of hydrogen-bond acceptors (Lipinski definition) is 4. The van der Waals surface area contributed by atoms with E-state index in [0.29, 0.717) is 16.9 Å². The van der Waals surface area contributed by atoms with Crippen LogP contribution in [0.3, 0.4) is 0 Å². The number of nitrogens with two attached hydrogens (primary N) is 2. The summed E-state index contributed by atoms with van der Waals surface area (Å²) in [7, 11) is 0. The minimum Gasteiger partial charge on any atom is -0.360 e. The molecule has 2 aromatic carbocycles. The van der Waals surface area contributed by atoms with Crippen molar-refractivity contribution in [3.05, 3.63) is 65.0 Å². The summed E-state index contributed by atoms with van der Waals surface area (Å²) in [6.07, 6.45) is 0. The minimum absolute atomic E-state index is 0.161. The molecule has 0 atom stereocenters. The zero-order chi connectivity index (χ0) is 19.0. The van der Waals surface area contributed by atoms with Crippen molar-refractivity contribution < 1.29 is 14.3 Å². The van der Waals surface area contributed by atoms with Gasteiger partial charge in [-0.2, -0.15) is 5.53 Å². The fourth-order valence-corrected chi connectivity index (χ4v) is 3.77. The highest BCUT2D eigenvalue weighted by molar-refractivity contribution is 7.18. The van der Waals surface area contributed by atoms with Crippen LogP contribution in [0.5, 0.6) is 0 Å². The Kier molecular flexibility index (Phi) is 4.21. The van der Waals surface area contributed by atoms with Crippen molar-refractivity contribution in [3.63, 3.8) is 0 Å². The van der Waals surface area contributed by atoms with Crippen LogP contribution < -0.4 is 16.6 Å². The number of benzene rings is 2. The van der Waals surface area contributed by atoms with Crippen LogP contribution in [0.1, 0.15) is 5.56 Å². The summed E-state index contributed by atoms with van der Waals surface area (Å²) < 4.78 is 28.0. The topological polar surface area (TPSA) is 101 Å². The number of anilines is 2. The molecular weight excluding hydrogens is 370 g/mol. The van der Waals surface area contributed by atoms with Gasteiger partial charge in [-0.25, -0.2) is 13.8 Å². The third-order valence-corrected chi connectivity index (χ3v) is 4.93. The second kappa shape index (κ2) is 6.69. The summed E-state index contributed by atoms with van der Waals surface area (Å²) in [4.78, 5) is 4.61. The summed E-state index contributed by atoms with van der Waals surface area (Å²) in [6.45, 7) is 0. The zero-order valence-electron chi connectivity index (χ0n) is 13.8. The Morgan fingerprint density at radius 3 is 2.59 bits per heavy atom. The molecule has 134 valence electrons. The van der Waals surface area contributed by atoms with Gasteiger partial charge in [-0.3, -0.25) is 0 Å². The summed E-state index contributed by atoms with van der Waals surface area (Å²) in [5.74, 6) is -0.692. The molecular formula is C18H13F2N6S+. The van der Waals surface area contributed by atoms with Crippen molar-refractivity contribution in [1.82, 2.24) is 4.98 Å². The van der Waals surface area contributed by atoms with E-state index in [1.54, 1.807) is 17.4 Å². The third-order valence-electron chi connectivity index (χ3n) is 3.98. The van der Waals surface area contributed by atoms with Crippen molar-refractivity contribution in [2.45, 2.75) is 0 Å². The smallest absolute Gasteiger partial charge is 0.273 e. The van der Waals surface area contributed by atoms with Crippen LogP contribution in [0.25, 0.3) is 21.0 Å². The second-order valence-electron chi connectivity index (χ2n) is 5.74. The maximum Gasteiger partial charge on any atom is 0.273 e. The third kappa shape index (κ3) is 3.20. The molecule has 0 radical (unpaired) electrons. The monoisotopic (exact) mass is 383 g/mol. The van der Waals surface area contributed by atoms with Gasteiger partial charge in [0.25, 0.3) is 5.84 Å². The van der Waals surface area contributed by atoms with Crippen LogP contribution in [0.2, 0.25) is 0 Å². The van der Waals surface area contributed by atoms with E-state index < -0.39 is 11.6 Å². The van der Waals surface area contributed by atoms with E-state index >= 15 is 0 Å². The van der Waals surface area contributed by atoms with Crippen LogP contribution in [-0.2, 0) is 0 Å². The van der Waals surface area contributed by atoms with E-state index in [-0.39, 0.29) is 11.5 Å². The molecule has 0 unspecified atom stereocenters. The molecule has 4 aromatic rings. The van der Waals surface area contributed by atoms with Crippen LogP contribution in [-0.4, -0.2) is 10.8 Å². The molecule has 0 saturated carbocycles. The highest BCUT2D eigenvalue weighted by Gasteiger charge is 2.13. The predicted octanol–water partition coefficient (Wildman–Crippen LogP) is 3.30. The number of rotatable bonds is 4. The Labute approximate surface area is 155 Å². The van der Waals surface area contributed by atoms with Crippen molar-refractivity contribution in [3.8, 4) is 0 Å². The van der Waals surface area contributed by atoms with Crippen molar-refractivity contribution in [1.29, 1.82) is 0 Å². The van der Waals surface area contributed by atoms with Gasteiger partial charge < -0.3 is 11.1 Å². The molecule has 0 aliphatic rings. The lowest BCUT2D eigenvalue weighted by molar-refractivity contribution is -0.221. The van der Waals surface area contributed by atoms with Gasteiger partial charge in [-0.1, -0.05) is 6.07 Å². The molecule has 0 aliphatic carbocycles. The summed E-state index contributed by atoms with van der Waals surface area (Å²) in [6, 6.07) is 10.6. The standard InChI is InChI=1S/C18H12F2N6S/c19-10-6-11(20)8-12(7-10)23-18-14-3-4-27-16(14)13-2-1-9(5-15(13)24-18)17(21)25-26-22/h1-8H,(H,23,24)(H3,21,22,25)/p+1. The van der Waals surface area contributed by atoms with Crippen molar-refractivity contribution >= 4 is 49.7 Å². The molecule has 4 rings (SSSR count). The van der Waals surface area contributed by atoms with Crippen LogP contribution in [0.4, 0.5) is 20.3 Å². The van der Waals surface area contributed by atoms with Crippen molar-refractivity contribution in [2.24, 2.45) is 16.1 Å². The van der Waals surface area contributed by atoms with E-state index in [1.807, 2.05) is 23.6 Å². The van der Waals surface area contributed by atoms with E-state index in [9.17, 15) is 8.78 Å². The number of hydrogen-bond donors (Lipinski definition) is 3. The molecule has 27 heavy (non-hydrogen) atoms. The Morgan fingerprint density at radius 1 is 1.07 bits per heavy atom. The molecule has 0 bridgehead atoms. The minimum atomic E-state index is -0.670. The molecule has 2 heterocycles. The number of nitrogens with zero attached hydrogens (tertiary/aromatic N) is 3. The first-order valence-electron chi connectivity index (χ1n) is 7.83. The van der Waals surface area contributed by atoms with Gasteiger partial charge >= 0.3 is 0 Å². The first kappa shape index (κ1) is 17.0. The van der Waals surface area contributed by atoms with Gasteiger partial charge in [0.2, 0.25) is 0 Å². The molecule has 6 nitrogen and oxygen atoms in total. The van der Waals surface area contributed by atoms with Crippen LogP contribution >= 0.6 is 11.3 Å². The normalized spacial score (nSPS) is 11.9. The average Bonchev–Trinajstić information content (AvgIpc) is 3.11. The predicted molar refractivity (Wildman–Crippen MR) is 102 cm³/mol. The lowest BCUT2D eigenvalue weighted by atomic mass is 10.1. The van der Waals surface area contributed by atoms with Gasteiger partial charge in [0.1, 0.15) is 22.7 Å². The van der Waals surface area contributed by atoms with Crippen LogP contribution in [0.15, 0.2) is 58.2 Å². The number of pyridine rings is 1. The van der Waals surface area contributed by atoms with Gasteiger partial charge in [0, 0.05) is 32.8 Å². The van der Waals surface area contributed by atoms with Crippen molar-refractivity contribution in [2.75, 3.05) is 5.32 Å². The highest BCUT2D eigenvalue weighted by atomic mass is 32.1.